The van der Waals surface area contributed by atoms with Crippen LogP contribution in [0.4, 0.5) is 5.82 Å². The van der Waals surface area contributed by atoms with Crippen molar-refractivity contribution in [1.29, 1.82) is 0 Å². The largest absolute Gasteiger partial charge is 0.491 e. The van der Waals surface area contributed by atoms with E-state index < -0.39 is 0 Å². The monoisotopic (exact) mass is 379 g/mol. The summed E-state index contributed by atoms with van der Waals surface area (Å²) in [6.45, 7) is 8.13. The lowest BCUT2D eigenvalue weighted by Gasteiger charge is -2.42. The molecule has 2 N–H and O–H groups in total. The second kappa shape index (κ2) is 7.07. The maximum atomic E-state index is 6.17. The Kier molecular flexibility index (Phi) is 4.41. The molecule has 0 amide bonds. The molecule has 0 saturated carbocycles. The lowest BCUT2D eigenvalue weighted by Crippen LogP contribution is -2.52. The van der Waals surface area contributed by atoms with Crippen LogP contribution in [0.15, 0.2) is 30.6 Å². The number of morpholine rings is 1. The Balaban J connectivity index is 1.55. The molecule has 7 heteroatoms. The van der Waals surface area contributed by atoms with Crippen molar-refractivity contribution in [3.8, 4) is 5.75 Å². The smallest absolute Gasteiger partial charge is 0.143 e. The zero-order valence-corrected chi connectivity index (χ0v) is 16.2. The van der Waals surface area contributed by atoms with Crippen molar-refractivity contribution in [2.45, 2.75) is 25.9 Å². The van der Waals surface area contributed by atoms with E-state index in [1.54, 1.807) is 6.33 Å². The van der Waals surface area contributed by atoms with E-state index in [0.29, 0.717) is 6.61 Å². The van der Waals surface area contributed by atoms with E-state index >= 15 is 0 Å². The van der Waals surface area contributed by atoms with Crippen LogP contribution in [0, 0.1) is 13.8 Å². The van der Waals surface area contributed by atoms with Gasteiger partial charge < -0.3 is 19.8 Å². The molecule has 0 radical (unpaired) electrons. The third kappa shape index (κ3) is 3.10. The maximum Gasteiger partial charge on any atom is 0.143 e. The molecule has 2 atom stereocenters. The van der Waals surface area contributed by atoms with Crippen LogP contribution < -0.4 is 10.1 Å². The molecule has 28 heavy (non-hydrogen) atoms. The number of aryl methyl sites for hydroxylation is 2. The molecular formula is C21H25N5O2. The molecule has 2 aromatic heterocycles. The van der Waals surface area contributed by atoms with Gasteiger partial charge in [-0.05, 0) is 31.5 Å². The second-order valence-corrected chi connectivity index (χ2v) is 7.63. The summed E-state index contributed by atoms with van der Waals surface area (Å²) in [5, 5.41) is 4.74. The van der Waals surface area contributed by atoms with Gasteiger partial charge in [0.2, 0.25) is 0 Å². The van der Waals surface area contributed by atoms with Crippen LogP contribution in [-0.2, 0) is 4.74 Å². The first-order valence-corrected chi connectivity index (χ1v) is 9.81. The Bertz CT molecular complexity index is 996. The van der Waals surface area contributed by atoms with Gasteiger partial charge in [-0.2, -0.15) is 0 Å². The molecular weight excluding hydrogens is 354 g/mol. The third-order valence-electron chi connectivity index (χ3n) is 5.67. The normalized spacial score (nSPS) is 22.6. The summed E-state index contributed by atoms with van der Waals surface area (Å²) in [7, 11) is 0. The Morgan fingerprint density at radius 2 is 2.00 bits per heavy atom. The van der Waals surface area contributed by atoms with Crippen LogP contribution in [0.2, 0.25) is 0 Å². The number of benzene rings is 1. The number of aromatic amines is 1. The first-order valence-electron chi connectivity index (χ1n) is 9.81. The highest BCUT2D eigenvalue weighted by molar-refractivity contribution is 5.87. The molecule has 3 aromatic rings. The number of nitrogens with zero attached hydrogens (tertiary/aromatic N) is 3. The SMILES string of the molecule is Cc1ccc2c(c1)OC[C@H](N1CCOCC1)[C@H]2Nc1ncnc2[nH]c(C)cc12. The van der Waals surface area contributed by atoms with Crippen LogP contribution in [0.3, 0.4) is 0 Å². The number of hydrogen-bond acceptors (Lipinski definition) is 6. The van der Waals surface area contributed by atoms with Gasteiger partial charge in [-0.15, -0.1) is 0 Å². The summed E-state index contributed by atoms with van der Waals surface area (Å²) in [6, 6.07) is 8.83. The molecule has 1 saturated heterocycles. The van der Waals surface area contributed by atoms with E-state index in [9.17, 15) is 0 Å². The molecule has 4 heterocycles. The zero-order chi connectivity index (χ0) is 19.1. The molecule has 0 spiro atoms. The fraction of sp³-hybridized carbons (Fsp3) is 0.429. The first-order chi connectivity index (χ1) is 13.7. The number of ether oxygens (including phenoxy) is 2. The summed E-state index contributed by atoms with van der Waals surface area (Å²) in [6.07, 6.45) is 1.61. The summed E-state index contributed by atoms with van der Waals surface area (Å²) >= 11 is 0. The third-order valence-corrected chi connectivity index (χ3v) is 5.67. The number of anilines is 1. The van der Waals surface area contributed by atoms with Gasteiger partial charge in [-0.25, -0.2) is 9.97 Å². The molecule has 5 rings (SSSR count). The van der Waals surface area contributed by atoms with Crippen molar-refractivity contribution in [2.75, 3.05) is 38.2 Å². The average molecular weight is 379 g/mol. The Morgan fingerprint density at radius 3 is 2.86 bits per heavy atom. The molecule has 7 nitrogen and oxygen atoms in total. The van der Waals surface area contributed by atoms with Gasteiger partial charge in [0.25, 0.3) is 0 Å². The predicted molar refractivity (Wildman–Crippen MR) is 108 cm³/mol. The first kappa shape index (κ1) is 17.5. The lowest BCUT2D eigenvalue weighted by molar-refractivity contribution is -0.00342. The minimum Gasteiger partial charge on any atom is -0.491 e. The molecule has 2 aliphatic rings. The summed E-state index contributed by atoms with van der Waals surface area (Å²) in [5.41, 5.74) is 4.31. The van der Waals surface area contributed by atoms with Crippen molar-refractivity contribution in [1.82, 2.24) is 19.9 Å². The number of H-pyrrole nitrogens is 1. The molecule has 1 fully saturated rings. The van der Waals surface area contributed by atoms with Gasteiger partial charge in [0.1, 0.15) is 30.1 Å². The molecule has 0 aliphatic carbocycles. The zero-order valence-electron chi connectivity index (χ0n) is 16.2. The summed E-state index contributed by atoms with van der Waals surface area (Å²) in [5.74, 6) is 1.81. The molecule has 0 bridgehead atoms. The van der Waals surface area contributed by atoms with Crippen LogP contribution in [0.5, 0.6) is 5.75 Å². The second-order valence-electron chi connectivity index (χ2n) is 7.63. The van der Waals surface area contributed by atoms with Crippen LogP contribution >= 0.6 is 0 Å². The fourth-order valence-electron chi connectivity index (χ4n) is 4.24. The van der Waals surface area contributed by atoms with Crippen molar-refractivity contribution in [3.63, 3.8) is 0 Å². The Hall–Kier alpha value is -2.64. The van der Waals surface area contributed by atoms with Crippen LogP contribution in [0.1, 0.15) is 22.9 Å². The molecule has 1 aromatic carbocycles. The van der Waals surface area contributed by atoms with Crippen LogP contribution in [0.25, 0.3) is 11.0 Å². The Morgan fingerprint density at radius 1 is 1.14 bits per heavy atom. The van der Waals surface area contributed by atoms with E-state index in [0.717, 1.165) is 54.6 Å². The fourth-order valence-corrected chi connectivity index (χ4v) is 4.24. The van der Waals surface area contributed by atoms with E-state index in [2.05, 4.69) is 56.4 Å². The summed E-state index contributed by atoms with van der Waals surface area (Å²) < 4.78 is 11.7. The highest BCUT2D eigenvalue weighted by Gasteiger charge is 2.36. The summed E-state index contributed by atoms with van der Waals surface area (Å²) in [4.78, 5) is 14.7. The van der Waals surface area contributed by atoms with Gasteiger partial charge in [0, 0.05) is 24.3 Å². The number of aromatic nitrogens is 3. The minimum atomic E-state index is 0.0794. The predicted octanol–water partition coefficient (Wildman–Crippen LogP) is 2.82. The van der Waals surface area contributed by atoms with Crippen molar-refractivity contribution in [3.05, 3.63) is 47.4 Å². The maximum absolute atomic E-state index is 6.17. The lowest BCUT2D eigenvalue weighted by atomic mass is 9.93. The highest BCUT2D eigenvalue weighted by Crippen LogP contribution is 2.38. The minimum absolute atomic E-state index is 0.0794. The number of hydrogen-bond donors (Lipinski definition) is 2. The molecule has 0 unspecified atom stereocenters. The highest BCUT2D eigenvalue weighted by atomic mass is 16.5. The van der Waals surface area contributed by atoms with Gasteiger partial charge in [0.05, 0.1) is 30.7 Å². The Labute approximate surface area is 164 Å². The molecule has 146 valence electrons. The number of rotatable bonds is 3. The van der Waals surface area contributed by atoms with Crippen LogP contribution in [-0.4, -0.2) is 58.8 Å². The number of fused-ring (bicyclic) bond motifs is 2. The van der Waals surface area contributed by atoms with E-state index in [1.165, 1.54) is 11.1 Å². The van der Waals surface area contributed by atoms with Gasteiger partial charge in [0.15, 0.2) is 0 Å². The van der Waals surface area contributed by atoms with E-state index in [4.69, 9.17) is 9.47 Å². The van der Waals surface area contributed by atoms with Gasteiger partial charge >= 0.3 is 0 Å². The van der Waals surface area contributed by atoms with Crippen molar-refractivity contribution < 1.29 is 9.47 Å². The number of nitrogens with one attached hydrogen (secondary N) is 2. The van der Waals surface area contributed by atoms with Crippen molar-refractivity contribution >= 4 is 16.9 Å². The van der Waals surface area contributed by atoms with Crippen molar-refractivity contribution in [2.24, 2.45) is 0 Å². The van der Waals surface area contributed by atoms with Gasteiger partial charge in [-0.1, -0.05) is 12.1 Å². The average Bonchev–Trinajstić information content (AvgIpc) is 3.10. The quantitative estimate of drug-likeness (QED) is 0.729. The van der Waals surface area contributed by atoms with E-state index in [-0.39, 0.29) is 12.1 Å². The van der Waals surface area contributed by atoms with Gasteiger partial charge in [-0.3, -0.25) is 4.90 Å². The van der Waals surface area contributed by atoms with E-state index in [1.807, 2.05) is 6.92 Å². The topological polar surface area (TPSA) is 75.3 Å². The molecule has 2 aliphatic heterocycles. The standard InChI is InChI=1S/C21H25N5O2/c1-13-3-4-15-18(9-13)28-11-17(26-5-7-27-8-6-26)19(15)25-21-16-10-14(2)24-20(16)22-12-23-21/h3-4,9-10,12,17,19H,5-8,11H2,1-2H3,(H2,22,23,24,25)/t17-,19-/m0/s1.